The number of aliphatic carboxylic acids is 1. The van der Waals surface area contributed by atoms with Crippen molar-refractivity contribution in [2.45, 2.75) is 31.5 Å². The highest BCUT2D eigenvalue weighted by Gasteiger charge is 2.29. The Hall–Kier alpha value is -1.27. The summed E-state index contributed by atoms with van der Waals surface area (Å²) in [7, 11) is 0. The molecule has 5 nitrogen and oxygen atoms in total. The van der Waals surface area contributed by atoms with Crippen molar-refractivity contribution in [3.63, 3.8) is 0 Å². The zero-order valence-corrected chi connectivity index (χ0v) is 13.2. The summed E-state index contributed by atoms with van der Waals surface area (Å²) in [6, 6.07) is 1.77. The van der Waals surface area contributed by atoms with Crippen LogP contribution in [0.15, 0.2) is 17.4 Å². The molecule has 2 heterocycles. The van der Waals surface area contributed by atoms with Crippen LogP contribution < -0.4 is 0 Å². The van der Waals surface area contributed by atoms with Crippen LogP contribution in [0, 0.1) is 11.8 Å². The van der Waals surface area contributed by atoms with E-state index in [1.807, 2.05) is 4.57 Å². The van der Waals surface area contributed by atoms with E-state index in [-0.39, 0.29) is 5.75 Å². The summed E-state index contributed by atoms with van der Waals surface area (Å²) in [5, 5.41) is 10.1. The van der Waals surface area contributed by atoms with Gasteiger partial charge in [0.1, 0.15) is 5.52 Å². The molecule has 112 valence electrons. The molecule has 1 atom stereocenters. The van der Waals surface area contributed by atoms with Gasteiger partial charge in [0, 0.05) is 12.7 Å². The number of rotatable bonds is 6. The standard InChI is InChI=1S/C14H16ClN3O2S/c1-8(9-2-3-9)6-18-13-11(4-10(15)5-16-13)17-14(18)21-7-12(19)20/h4-5,8-9H,2-3,6-7H2,1H3,(H,19,20). The first kappa shape index (κ1) is 14.7. The first-order chi connectivity index (χ1) is 10.0. The molecule has 2 aromatic rings. The number of halogens is 1. The molecule has 0 aliphatic heterocycles. The van der Waals surface area contributed by atoms with Crippen LogP contribution in [-0.2, 0) is 11.3 Å². The number of aromatic nitrogens is 3. The molecule has 3 rings (SSSR count). The van der Waals surface area contributed by atoms with E-state index >= 15 is 0 Å². The van der Waals surface area contributed by atoms with Gasteiger partial charge >= 0.3 is 5.97 Å². The molecule has 7 heteroatoms. The van der Waals surface area contributed by atoms with Crippen LogP contribution >= 0.6 is 23.4 Å². The molecule has 0 saturated heterocycles. The fourth-order valence-electron chi connectivity index (χ4n) is 2.47. The number of fused-ring (bicyclic) bond motifs is 1. The van der Waals surface area contributed by atoms with Gasteiger partial charge in [-0.15, -0.1) is 0 Å². The SMILES string of the molecule is CC(Cn1c(SCC(=O)O)nc2cc(Cl)cnc21)C1CC1. The van der Waals surface area contributed by atoms with Crippen molar-refractivity contribution in [3.05, 3.63) is 17.3 Å². The molecule has 1 fully saturated rings. The maximum absolute atomic E-state index is 10.8. The van der Waals surface area contributed by atoms with Crippen LogP contribution in [0.1, 0.15) is 19.8 Å². The van der Waals surface area contributed by atoms with Gasteiger partial charge in [-0.25, -0.2) is 9.97 Å². The van der Waals surface area contributed by atoms with Crippen molar-refractivity contribution in [2.75, 3.05) is 5.75 Å². The van der Waals surface area contributed by atoms with Gasteiger partial charge in [0.2, 0.25) is 0 Å². The summed E-state index contributed by atoms with van der Waals surface area (Å²) in [6.45, 7) is 3.04. The molecule has 1 saturated carbocycles. The summed E-state index contributed by atoms with van der Waals surface area (Å²) >= 11 is 7.19. The molecule has 1 aliphatic rings. The Labute approximate surface area is 131 Å². The van der Waals surface area contributed by atoms with Crippen molar-refractivity contribution in [1.29, 1.82) is 0 Å². The number of imidazole rings is 1. The number of hydrogen-bond acceptors (Lipinski definition) is 4. The molecular weight excluding hydrogens is 310 g/mol. The van der Waals surface area contributed by atoms with Crippen LogP contribution in [0.5, 0.6) is 0 Å². The average Bonchev–Trinajstić information content (AvgIpc) is 3.21. The fraction of sp³-hybridized carbons (Fsp3) is 0.500. The predicted octanol–water partition coefficient (Wildman–Crippen LogP) is 3.31. The van der Waals surface area contributed by atoms with E-state index in [9.17, 15) is 4.79 Å². The van der Waals surface area contributed by atoms with Gasteiger partial charge in [0.15, 0.2) is 10.8 Å². The maximum atomic E-state index is 10.8. The largest absolute Gasteiger partial charge is 0.481 e. The summed E-state index contributed by atoms with van der Waals surface area (Å²) in [5.41, 5.74) is 1.50. The van der Waals surface area contributed by atoms with Crippen LogP contribution in [0.25, 0.3) is 11.2 Å². The molecule has 1 aliphatic carbocycles. The van der Waals surface area contributed by atoms with Gasteiger partial charge in [0.25, 0.3) is 0 Å². The summed E-state index contributed by atoms with van der Waals surface area (Å²) in [6.07, 6.45) is 4.17. The number of carbonyl (C=O) groups is 1. The molecule has 2 aromatic heterocycles. The Kier molecular flexibility index (Phi) is 4.08. The lowest BCUT2D eigenvalue weighted by molar-refractivity contribution is -0.133. The van der Waals surface area contributed by atoms with Crippen molar-refractivity contribution in [3.8, 4) is 0 Å². The summed E-state index contributed by atoms with van der Waals surface area (Å²) in [5.74, 6) is 0.463. The van der Waals surface area contributed by atoms with Crippen molar-refractivity contribution in [2.24, 2.45) is 11.8 Å². The lowest BCUT2D eigenvalue weighted by Crippen LogP contribution is -2.11. The molecule has 1 N–H and O–H groups in total. The van der Waals surface area contributed by atoms with E-state index in [0.29, 0.717) is 16.1 Å². The monoisotopic (exact) mass is 325 g/mol. The van der Waals surface area contributed by atoms with Crippen molar-refractivity contribution >= 4 is 40.5 Å². The van der Waals surface area contributed by atoms with Crippen LogP contribution in [-0.4, -0.2) is 31.4 Å². The van der Waals surface area contributed by atoms with Crippen LogP contribution in [0.4, 0.5) is 0 Å². The minimum absolute atomic E-state index is 0.00510. The van der Waals surface area contributed by atoms with Crippen LogP contribution in [0.2, 0.25) is 5.02 Å². The molecular formula is C14H16ClN3O2S. The predicted molar refractivity (Wildman–Crippen MR) is 82.8 cm³/mol. The van der Waals surface area contributed by atoms with E-state index < -0.39 is 5.97 Å². The molecule has 0 aromatic carbocycles. The maximum Gasteiger partial charge on any atom is 0.313 e. The highest BCUT2D eigenvalue weighted by atomic mass is 35.5. The normalized spacial score (nSPS) is 16.3. The average molecular weight is 326 g/mol. The first-order valence-electron chi connectivity index (χ1n) is 6.91. The number of hydrogen-bond donors (Lipinski definition) is 1. The molecule has 21 heavy (non-hydrogen) atoms. The van der Waals surface area contributed by atoms with Gasteiger partial charge in [-0.2, -0.15) is 0 Å². The van der Waals surface area contributed by atoms with Crippen molar-refractivity contribution < 1.29 is 9.90 Å². The summed E-state index contributed by atoms with van der Waals surface area (Å²) < 4.78 is 2.03. The molecule has 0 amide bonds. The van der Waals surface area contributed by atoms with Gasteiger partial charge in [0.05, 0.1) is 10.8 Å². The van der Waals surface area contributed by atoms with E-state index in [4.69, 9.17) is 16.7 Å². The smallest absolute Gasteiger partial charge is 0.313 e. The van der Waals surface area contributed by atoms with E-state index in [2.05, 4.69) is 16.9 Å². The number of pyridine rings is 1. The number of nitrogens with zero attached hydrogens (tertiary/aromatic N) is 3. The lowest BCUT2D eigenvalue weighted by Gasteiger charge is -2.13. The highest BCUT2D eigenvalue weighted by Crippen LogP contribution is 2.38. The Morgan fingerprint density at radius 1 is 1.62 bits per heavy atom. The van der Waals surface area contributed by atoms with E-state index in [1.54, 1.807) is 12.3 Å². The topological polar surface area (TPSA) is 68.0 Å². The molecule has 0 bridgehead atoms. The second-order valence-corrected chi connectivity index (χ2v) is 6.88. The van der Waals surface area contributed by atoms with Gasteiger partial charge < -0.3 is 9.67 Å². The van der Waals surface area contributed by atoms with Crippen LogP contribution in [0.3, 0.4) is 0 Å². The van der Waals surface area contributed by atoms with Gasteiger partial charge in [-0.05, 0) is 30.7 Å². The first-order valence-corrected chi connectivity index (χ1v) is 8.27. The second-order valence-electron chi connectivity index (χ2n) is 5.50. The Balaban J connectivity index is 1.95. The fourth-order valence-corrected chi connectivity index (χ4v) is 3.35. The minimum atomic E-state index is -0.847. The third kappa shape index (κ3) is 3.32. The number of thioether (sulfide) groups is 1. The zero-order chi connectivity index (χ0) is 15.0. The number of carboxylic acid groups (broad SMARTS) is 1. The molecule has 0 spiro atoms. The Morgan fingerprint density at radius 2 is 2.38 bits per heavy atom. The minimum Gasteiger partial charge on any atom is -0.481 e. The molecule has 1 unspecified atom stereocenters. The summed E-state index contributed by atoms with van der Waals surface area (Å²) in [4.78, 5) is 19.7. The van der Waals surface area contributed by atoms with Crippen molar-refractivity contribution in [1.82, 2.24) is 14.5 Å². The van der Waals surface area contributed by atoms with E-state index in [0.717, 1.165) is 23.6 Å². The van der Waals surface area contributed by atoms with Gasteiger partial charge in [-0.1, -0.05) is 30.3 Å². The quantitative estimate of drug-likeness (QED) is 0.825. The second kappa shape index (κ2) is 5.85. The highest BCUT2D eigenvalue weighted by molar-refractivity contribution is 7.99. The third-order valence-electron chi connectivity index (χ3n) is 3.74. The zero-order valence-electron chi connectivity index (χ0n) is 11.6. The van der Waals surface area contributed by atoms with Gasteiger partial charge in [-0.3, -0.25) is 4.79 Å². The van der Waals surface area contributed by atoms with E-state index in [1.165, 1.54) is 24.6 Å². The lowest BCUT2D eigenvalue weighted by atomic mass is 10.1. The number of carboxylic acids is 1. The molecule has 0 radical (unpaired) electrons. The Morgan fingerprint density at radius 3 is 3.05 bits per heavy atom. The third-order valence-corrected chi connectivity index (χ3v) is 4.91. The Bertz CT molecular complexity index is 684.